The summed E-state index contributed by atoms with van der Waals surface area (Å²) in [6.45, 7) is 2.42. The van der Waals surface area contributed by atoms with Crippen molar-refractivity contribution in [2.45, 2.75) is 6.92 Å². The largest absolute Gasteiger partial charge is 0.507 e. The number of hydrogen-bond donors (Lipinski definition) is 1. The van der Waals surface area contributed by atoms with Gasteiger partial charge in [-0.15, -0.1) is 0 Å². The molecule has 19 heavy (non-hydrogen) atoms. The summed E-state index contributed by atoms with van der Waals surface area (Å²) in [6, 6.07) is 4.86. The number of rotatable bonds is 3. The van der Waals surface area contributed by atoms with Crippen molar-refractivity contribution in [1.29, 1.82) is 0 Å². The topological polar surface area (TPSA) is 49.8 Å². The zero-order valence-electron chi connectivity index (χ0n) is 10.5. The summed E-state index contributed by atoms with van der Waals surface area (Å²) in [5, 5.41) is 9.80. The van der Waals surface area contributed by atoms with Crippen molar-refractivity contribution >= 4 is 40.3 Å². The third-order valence-electron chi connectivity index (χ3n) is 2.71. The molecule has 1 aromatic carbocycles. The van der Waals surface area contributed by atoms with Crippen LogP contribution in [-0.4, -0.2) is 33.9 Å². The number of phenolic OH excluding ortho intramolecular Hbond substituents is 1. The van der Waals surface area contributed by atoms with Gasteiger partial charge in [-0.05, 0) is 31.2 Å². The Labute approximate surface area is 121 Å². The van der Waals surface area contributed by atoms with E-state index in [1.54, 1.807) is 25.3 Å². The predicted octanol–water partition coefficient (Wildman–Crippen LogP) is 2.62. The van der Waals surface area contributed by atoms with E-state index in [2.05, 4.69) is 0 Å². The molecule has 4 nitrogen and oxygen atoms in total. The number of aromatic hydroxyl groups is 1. The maximum absolute atomic E-state index is 12.1. The number of benzene rings is 1. The van der Waals surface area contributed by atoms with E-state index in [9.17, 15) is 9.90 Å². The Morgan fingerprint density at radius 2 is 2.26 bits per heavy atom. The minimum absolute atomic E-state index is 0.0996. The number of amides is 1. The second-order valence-corrected chi connectivity index (χ2v) is 5.53. The van der Waals surface area contributed by atoms with Crippen LogP contribution in [0.5, 0.6) is 11.5 Å². The highest BCUT2D eigenvalue weighted by Gasteiger charge is 2.30. The van der Waals surface area contributed by atoms with Gasteiger partial charge in [0.25, 0.3) is 5.91 Å². The fourth-order valence-electron chi connectivity index (χ4n) is 1.69. The molecule has 0 saturated carbocycles. The fourth-order valence-corrected chi connectivity index (χ4v) is 3.06. The molecule has 0 bridgehead atoms. The van der Waals surface area contributed by atoms with Crippen LogP contribution in [0.1, 0.15) is 12.5 Å². The molecule has 0 aromatic heterocycles. The van der Waals surface area contributed by atoms with E-state index in [0.717, 1.165) is 0 Å². The van der Waals surface area contributed by atoms with Crippen LogP contribution < -0.4 is 4.74 Å². The Kier molecular flexibility index (Phi) is 4.11. The lowest BCUT2D eigenvalue weighted by molar-refractivity contribution is -0.121. The third kappa shape index (κ3) is 2.74. The molecular weight excluding hydrogens is 282 g/mol. The maximum atomic E-state index is 12.1. The molecule has 1 saturated heterocycles. The van der Waals surface area contributed by atoms with E-state index in [0.29, 0.717) is 27.1 Å². The molecular formula is C13H13NO3S2. The number of methoxy groups -OCH3 is 1. The van der Waals surface area contributed by atoms with Gasteiger partial charge in [0.05, 0.1) is 12.0 Å². The monoisotopic (exact) mass is 295 g/mol. The highest BCUT2D eigenvalue weighted by molar-refractivity contribution is 8.26. The Morgan fingerprint density at radius 1 is 1.53 bits per heavy atom. The minimum atomic E-state index is -0.125. The quantitative estimate of drug-likeness (QED) is 0.686. The van der Waals surface area contributed by atoms with Crippen LogP contribution in [0.4, 0.5) is 0 Å². The van der Waals surface area contributed by atoms with Crippen molar-refractivity contribution in [3.05, 3.63) is 28.7 Å². The first-order valence-corrected chi connectivity index (χ1v) is 6.91. The Bertz CT molecular complexity index is 569. The number of carbonyl (C=O) groups is 1. The van der Waals surface area contributed by atoms with Crippen molar-refractivity contribution < 1.29 is 14.6 Å². The number of ether oxygens (including phenoxy) is 1. The highest BCUT2D eigenvalue weighted by atomic mass is 32.2. The summed E-state index contributed by atoms with van der Waals surface area (Å²) in [6.07, 6.45) is 1.63. The van der Waals surface area contributed by atoms with E-state index in [4.69, 9.17) is 17.0 Å². The van der Waals surface area contributed by atoms with Gasteiger partial charge in [0, 0.05) is 12.1 Å². The molecule has 1 heterocycles. The predicted molar refractivity (Wildman–Crippen MR) is 80.2 cm³/mol. The van der Waals surface area contributed by atoms with Crippen LogP contribution in [0.2, 0.25) is 0 Å². The Hall–Kier alpha value is -1.53. The lowest BCUT2D eigenvalue weighted by Gasteiger charge is -2.09. The summed E-state index contributed by atoms with van der Waals surface area (Å²) in [5.74, 6) is 0.595. The van der Waals surface area contributed by atoms with E-state index in [1.807, 2.05) is 6.92 Å². The van der Waals surface area contributed by atoms with Crippen LogP contribution in [0, 0.1) is 0 Å². The summed E-state index contributed by atoms with van der Waals surface area (Å²) < 4.78 is 5.64. The average Bonchev–Trinajstić information content (AvgIpc) is 2.66. The van der Waals surface area contributed by atoms with Gasteiger partial charge in [-0.3, -0.25) is 9.69 Å². The van der Waals surface area contributed by atoms with Gasteiger partial charge in [0.15, 0.2) is 0 Å². The number of likely N-dealkylation sites (N-methyl/N-ethyl adjacent to an activating group) is 1. The van der Waals surface area contributed by atoms with Gasteiger partial charge in [-0.1, -0.05) is 24.0 Å². The molecule has 0 spiro atoms. The van der Waals surface area contributed by atoms with Gasteiger partial charge < -0.3 is 9.84 Å². The molecule has 0 radical (unpaired) electrons. The molecule has 1 aromatic rings. The lowest BCUT2D eigenvalue weighted by atomic mass is 10.1. The van der Waals surface area contributed by atoms with Crippen LogP contribution in [0.25, 0.3) is 6.08 Å². The van der Waals surface area contributed by atoms with Gasteiger partial charge >= 0.3 is 0 Å². The summed E-state index contributed by atoms with van der Waals surface area (Å²) in [5.41, 5.74) is 0.538. The number of thiocarbonyl (C=S) groups is 1. The molecule has 1 amide bonds. The molecule has 0 aliphatic carbocycles. The second kappa shape index (κ2) is 5.63. The first-order valence-electron chi connectivity index (χ1n) is 5.69. The van der Waals surface area contributed by atoms with Crippen molar-refractivity contribution in [3.8, 4) is 11.5 Å². The SMILES string of the molecule is CCN1C(=O)C(=Cc2cc(OC)ccc2O)SC1=S. The first kappa shape index (κ1) is 13.9. The zero-order chi connectivity index (χ0) is 14.0. The molecule has 0 atom stereocenters. The molecule has 6 heteroatoms. The Balaban J connectivity index is 2.37. The molecule has 1 aliphatic rings. The van der Waals surface area contributed by atoms with Crippen molar-refractivity contribution in [2.24, 2.45) is 0 Å². The normalized spacial score (nSPS) is 17.4. The number of thioether (sulfide) groups is 1. The molecule has 2 rings (SSSR count). The molecule has 1 fully saturated rings. The van der Waals surface area contributed by atoms with Gasteiger partial charge in [-0.2, -0.15) is 0 Å². The van der Waals surface area contributed by atoms with E-state index in [1.165, 1.54) is 22.7 Å². The van der Waals surface area contributed by atoms with Crippen molar-refractivity contribution in [2.75, 3.05) is 13.7 Å². The Morgan fingerprint density at radius 3 is 2.84 bits per heavy atom. The summed E-state index contributed by atoms with van der Waals surface area (Å²) >= 11 is 6.37. The van der Waals surface area contributed by atoms with E-state index < -0.39 is 0 Å². The van der Waals surface area contributed by atoms with Crippen LogP contribution in [0.15, 0.2) is 23.1 Å². The van der Waals surface area contributed by atoms with E-state index >= 15 is 0 Å². The smallest absolute Gasteiger partial charge is 0.266 e. The van der Waals surface area contributed by atoms with Crippen LogP contribution in [0.3, 0.4) is 0 Å². The first-order chi connectivity index (χ1) is 9.06. The number of hydrogen-bond acceptors (Lipinski definition) is 5. The zero-order valence-corrected chi connectivity index (χ0v) is 12.2. The third-order valence-corrected chi connectivity index (χ3v) is 4.09. The van der Waals surface area contributed by atoms with Crippen LogP contribution >= 0.6 is 24.0 Å². The number of carbonyl (C=O) groups excluding carboxylic acids is 1. The van der Waals surface area contributed by atoms with Gasteiger partial charge in [-0.25, -0.2) is 0 Å². The van der Waals surface area contributed by atoms with Crippen LogP contribution in [-0.2, 0) is 4.79 Å². The lowest BCUT2D eigenvalue weighted by Crippen LogP contribution is -2.27. The van der Waals surface area contributed by atoms with Gasteiger partial charge in [0.2, 0.25) is 0 Å². The molecule has 100 valence electrons. The maximum Gasteiger partial charge on any atom is 0.266 e. The number of phenols is 1. The van der Waals surface area contributed by atoms with E-state index in [-0.39, 0.29) is 11.7 Å². The highest BCUT2D eigenvalue weighted by Crippen LogP contribution is 2.34. The average molecular weight is 295 g/mol. The van der Waals surface area contributed by atoms with Gasteiger partial charge in [0.1, 0.15) is 15.8 Å². The molecule has 1 aliphatic heterocycles. The minimum Gasteiger partial charge on any atom is -0.507 e. The van der Waals surface area contributed by atoms with Crippen molar-refractivity contribution in [3.63, 3.8) is 0 Å². The standard InChI is InChI=1S/C13H13NO3S2/c1-3-14-12(16)11(19-13(14)18)7-8-6-9(17-2)4-5-10(8)15/h4-7,15H,3H2,1-2H3. The molecule has 0 unspecified atom stereocenters. The number of nitrogens with zero attached hydrogens (tertiary/aromatic N) is 1. The molecule has 1 N–H and O–H groups in total. The second-order valence-electron chi connectivity index (χ2n) is 3.85. The van der Waals surface area contributed by atoms with Crippen molar-refractivity contribution in [1.82, 2.24) is 4.90 Å². The fraction of sp³-hybridized carbons (Fsp3) is 0.231. The summed E-state index contributed by atoms with van der Waals surface area (Å²) in [4.78, 5) is 14.1. The summed E-state index contributed by atoms with van der Waals surface area (Å²) in [7, 11) is 1.55.